The number of anilines is 2. The van der Waals surface area contributed by atoms with Gasteiger partial charge in [-0.3, -0.25) is 0 Å². The molecule has 7 nitrogen and oxygen atoms in total. The molecule has 0 atom stereocenters. The molecule has 0 bridgehead atoms. The van der Waals surface area contributed by atoms with Crippen LogP contribution in [-0.4, -0.2) is 33.4 Å². The lowest BCUT2D eigenvalue weighted by molar-refractivity contribution is 0.414. The number of hydrogen-bond donors (Lipinski definition) is 1. The Bertz CT molecular complexity index is 1690. The zero-order valence-electron chi connectivity index (χ0n) is 22.7. The Morgan fingerprint density at radius 1 is 0.875 bits per heavy atom. The molecule has 3 heterocycles. The number of aromatic nitrogens is 4. The van der Waals surface area contributed by atoms with Crippen LogP contribution < -0.4 is 15.0 Å². The van der Waals surface area contributed by atoms with Gasteiger partial charge in [0.05, 0.1) is 24.7 Å². The second-order valence-corrected chi connectivity index (χ2v) is 10.5. The van der Waals surface area contributed by atoms with Gasteiger partial charge in [-0.05, 0) is 52.8 Å². The van der Waals surface area contributed by atoms with Crippen molar-refractivity contribution in [1.82, 2.24) is 19.7 Å². The SMILES string of the molecule is COc1ccc(CN2CCc3nn(Cc4ccccc4)c4nc(NCc5cccc6c5C=CCC6)nc2c34)cc1. The molecule has 0 saturated heterocycles. The van der Waals surface area contributed by atoms with Gasteiger partial charge in [0.2, 0.25) is 5.95 Å². The van der Waals surface area contributed by atoms with E-state index in [0.717, 1.165) is 60.6 Å². The summed E-state index contributed by atoms with van der Waals surface area (Å²) in [5, 5.41) is 9.65. The summed E-state index contributed by atoms with van der Waals surface area (Å²) in [6, 6.07) is 25.3. The topological polar surface area (TPSA) is 68.1 Å². The van der Waals surface area contributed by atoms with Gasteiger partial charge < -0.3 is 15.0 Å². The molecule has 0 spiro atoms. The first-order chi connectivity index (χ1) is 19.7. The summed E-state index contributed by atoms with van der Waals surface area (Å²) in [5.41, 5.74) is 8.35. The molecule has 1 N–H and O–H groups in total. The van der Waals surface area contributed by atoms with Gasteiger partial charge in [-0.1, -0.05) is 72.8 Å². The predicted molar refractivity (Wildman–Crippen MR) is 160 cm³/mol. The van der Waals surface area contributed by atoms with Gasteiger partial charge in [0.15, 0.2) is 5.65 Å². The molecule has 7 rings (SSSR count). The van der Waals surface area contributed by atoms with Crippen LogP contribution >= 0.6 is 0 Å². The number of fused-ring (bicyclic) bond motifs is 1. The minimum absolute atomic E-state index is 0.627. The summed E-state index contributed by atoms with van der Waals surface area (Å²) in [6.45, 7) is 2.94. The first-order valence-corrected chi connectivity index (χ1v) is 14.0. The van der Waals surface area contributed by atoms with Gasteiger partial charge in [-0.25, -0.2) is 4.68 Å². The molecular weight excluding hydrogens is 496 g/mol. The Morgan fingerprint density at radius 2 is 1.73 bits per heavy atom. The maximum atomic E-state index is 5.36. The van der Waals surface area contributed by atoms with Crippen LogP contribution in [0.5, 0.6) is 5.75 Å². The predicted octanol–water partition coefficient (Wildman–Crippen LogP) is 6.02. The van der Waals surface area contributed by atoms with Crippen molar-refractivity contribution in [1.29, 1.82) is 0 Å². The van der Waals surface area contributed by atoms with E-state index in [0.29, 0.717) is 19.0 Å². The highest BCUT2D eigenvalue weighted by molar-refractivity contribution is 5.92. The van der Waals surface area contributed by atoms with E-state index in [1.807, 2.05) is 22.9 Å². The fraction of sp³-hybridized carbons (Fsp3) is 0.242. The van der Waals surface area contributed by atoms with E-state index in [4.69, 9.17) is 19.8 Å². The van der Waals surface area contributed by atoms with Crippen molar-refractivity contribution in [3.05, 3.63) is 112 Å². The van der Waals surface area contributed by atoms with Crippen LogP contribution in [-0.2, 0) is 32.5 Å². The van der Waals surface area contributed by atoms with Crippen molar-refractivity contribution >= 4 is 28.9 Å². The van der Waals surface area contributed by atoms with E-state index in [1.165, 1.54) is 27.8 Å². The van der Waals surface area contributed by atoms with Crippen LogP contribution in [0.2, 0.25) is 0 Å². The molecule has 7 heteroatoms. The van der Waals surface area contributed by atoms with E-state index in [2.05, 4.69) is 77.0 Å². The number of benzene rings is 3. The lowest BCUT2D eigenvalue weighted by Gasteiger charge is -2.28. The van der Waals surface area contributed by atoms with Crippen LogP contribution in [0.3, 0.4) is 0 Å². The standard InChI is InChI=1S/C33H32N6O/c1-40-27-16-14-24(15-17-27)21-38-19-18-29-30-31(38)35-33(34-20-26-12-7-11-25-10-5-6-13-28(25)26)36-32(30)39(37-29)22-23-8-3-2-4-9-23/h2-4,6-9,11-17H,5,10,18-22H2,1H3,(H,34,35,36). The van der Waals surface area contributed by atoms with Gasteiger partial charge in [-0.15, -0.1) is 0 Å². The summed E-state index contributed by atoms with van der Waals surface area (Å²) in [7, 11) is 1.70. The maximum absolute atomic E-state index is 5.36. The smallest absolute Gasteiger partial charge is 0.227 e. The summed E-state index contributed by atoms with van der Waals surface area (Å²) in [6.07, 6.45) is 7.57. The van der Waals surface area contributed by atoms with Gasteiger partial charge in [0, 0.05) is 26.1 Å². The summed E-state index contributed by atoms with van der Waals surface area (Å²) in [5.74, 6) is 2.43. The highest BCUT2D eigenvalue weighted by atomic mass is 16.5. The molecular formula is C33H32N6O. The number of nitrogens with one attached hydrogen (secondary N) is 1. The third kappa shape index (κ3) is 4.68. The van der Waals surface area contributed by atoms with Crippen LogP contribution in [0.4, 0.5) is 11.8 Å². The van der Waals surface area contributed by atoms with Crippen molar-refractivity contribution < 1.29 is 4.74 Å². The quantitative estimate of drug-likeness (QED) is 0.266. The molecule has 5 aromatic rings. The molecule has 200 valence electrons. The molecule has 40 heavy (non-hydrogen) atoms. The molecule has 2 aliphatic rings. The van der Waals surface area contributed by atoms with Crippen molar-refractivity contribution in [3.63, 3.8) is 0 Å². The molecule has 0 radical (unpaired) electrons. The minimum Gasteiger partial charge on any atom is -0.497 e. The lowest BCUT2D eigenvalue weighted by Crippen LogP contribution is -2.29. The number of rotatable bonds is 8. The average Bonchev–Trinajstić information content (AvgIpc) is 3.35. The Labute approximate surface area is 234 Å². The van der Waals surface area contributed by atoms with E-state index < -0.39 is 0 Å². The first kappa shape index (κ1) is 24.4. The Balaban J connectivity index is 1.26. The number of nitrogens with zero attached hydrogens (tertiary/aromatic N) is 5. The highest BCUT2D eigenvalue weighted by Gasteiger charge is 2.27. The fourth-order valence-electron chi connectivity index (χ4n) is 5.79. The second-order valence-electron chi connectivity index (χ2n) is 10.5. The number of ether oxygens (including phenoxy) is 1. The third-order valence-electron chi connectivity index (χ3n) is 7.86. The van der Waals surface area contributed by atoms with Crippen molar-refractivity contribution in [2.75, 3.05) is 23.9 Å². The minimum atomic E-state index is 0.627. The van der Waals surface area contributed by atoms with Crippen molar-refractivity contribution in [3.8, 4) is 5.75 Å². The summed E-state index contributed by atoms with van der Waals surface area (Å²) < 4.78 is 7.40. The normalized spacial score (nSPS) is 13.9. The zero-order chi connectivity index (χ0) is 26.9. The fourth-order valence-corrected chi connectivity index (χ4v) is 5.79. The second kappa shape index (κ2) is 10.5. The largest absolute Gasteiger partial charge is 0.497 e. The van der Waals surface area contributed by atoms with E-state index in [-0.39, 0.29) is 0 Å². The van der Waals surface area contributed by atoms with Gasteiger partial charge in [-0.2, -0.15) is 15.1 Å². The Hall–Kier alpha value is -4.65. The number of methoxy groups -OCH3 is 1. The van der Waals surface area contributed by atoms with E-state index >= 15 is 0 Å². The lowest BCUT2D eigenvalue weighted by atomic mass is 9.93. The zero-order valence-corrected chi connectivity index (χ0v) is 22.7. The van der Waals surface area contributed by atoms with Gasteiger partial charge in [0.1, 0.15) is 11.6 Å². The molecule has 1 aliphatic heterocycles. The Morgan fingerprint density at radius 3 is 2.58 bits per heavy atom. The van der Waals surface area contributed by atoms with Crippen LogP contribution in [0.15, 0.2) is 78.9 Å². The molecule has 0 amide bonds. The maximum Gasteiger partial charge on any atom is 0.227 e. The Kier molecular flexibility index (Phi) is 6.40. The van der Waals surface area contributed by atoms with Crippen molar-refractivity contribution in [2.45, 2.75) is 38.9 Å². The van der Waals surface area contributed by atoms with Crippen LogP contribution in [0, 0.1) is 0 Å². The molecule has 2 aromatic heterocycles. The van der Waals surface area contributed by atoms with Gasteiger partial charge in [0.25, 0.3) is 0 Å². The molecule has 0 saturated carbocycles. The van der Waals surface area contributed by atoms with Crippen molar-refractivity contribution in [2.24, 2.45) is 0 Å². The first-order valence-electron chi connectivity index (χ1n) is 14.0. The van der Waals surface area contributed by atoms with Crippen LogP contribution in [0.25, 0.3) is 17.1 Å². The molecule has 0 unspecified atom stereocenters. The number of aryl methyl sites for hydroxylation is 1. The monoisotopic (exact) mass is 528 g/mol. The number of allylic oxidation sites excluding steroid dienone is 1. The molecule has 3 aromatic carbocycles. The van der Waals surface area contributed by atoms with E-state index in [1.54, 1.807) is 7.11 Å². The van der Waals surface area contributed by atoms with E-state index in [9.17, 15) is 0 Å². The summed E-state index contributed by atoms with van der Waals surface area (Å²) >= 11 is 0. The van der Waals surface area contributed by atoms with Gasteiger partial charge >= 0.3 is 0 Å². The third-order valence-corrected chi connectivity index (χ3v) is 7.86. The highest BCUT2D eigenvalue weighted by Crippen LogP contribution is 2.34. The summed E-state index contributed by atoms with van der Waals surface area (Å²) in [4.78, 5) is 12.5. The average molecular weight is 529 g/mol. The number of hydrogen-bond acceptors (Lipinski definition) is 6. The molecule has 1 aliphatic carbocycles. The molecule has 0 fully saturated rings. The van der Waals surface area contributed by atoms with Crippen LogP contribution in [0.1, 0.15) is 39.9 Å².